The van der Waals surface area contributed by atoms with E-state index in [9.17, 15) is 4.79 Å². The minimum absolute atomic E-state index is 0.279. The summed E-state index contributed by atoms with van der Waals surface area (Å²) in [5.41, 5.74) is 0.410. The molecular weight excluding hydrogens is 391 g/mol. The predicted molar refractivity (Wildman–Crippen MR) is 76.9 cm³/mol. The summed E-state index contributed by atoms with van der Waals surface area (Å²) in [4.78, 5) is 15.9. The van der Waals surface area contributed by atoms with Crippen molar-refractivity contribution in [3.05, 3.63) is 43.2 Å². The van der Waals surface area contributed by atoms with Crippen molar-refractivity contribution in [3.63, 3.8) is 0 Å². The highest BCUT2D eigenvalue weighted by molar-refractivity contribution is 9.11. The number of carbonyl (C=O) groups is 1. The van der Waals surface area contributed by atoms with Crippen molar-refractivity contribution in [2.75, 3.05) is 5.32 Å². The molecule has 0 unspecified atom stereocenters. The topological polar surface area (TPSA) is 42.0 Å². The molecule has 1 aromatic carbocycles. The van der Waals surface area contributed by atoms with Crippen LogP contribution in [0.25, 0.3) is 0 Å². The van der Waals surface area contributed by atoms with E-state index in [-0.39, 0.29) is 5.91 Å². The second kappa shape index (κ2) is 5.48. The Balaban J connectivity index is 2.23. The van der Waals surface area contributed by atoms with Gasteiger partial charge in [0.2, 0.25) is 0 Å². The largest absolute Gasteiger partial charge is 0.298 e. The monoisotopic (exact) mass is 394 g/mol. The Bertz CT molecular complexity index is 573. The number of nitrogens with zero attached hydrogens (tertiary/aromatic N) is 1. The summed E-state index contributed by atoms with van der Waals surface area (Å²) < 4.78 is 1.54. The van der Waals surface area contributed by atoms with Crippen LogP contribution in [-0.4, -0.2) is 10.9 Å². The molecule has 0 aliphatic heterocycles. The second-order valence-electron chi connectivity index (χ2n) is 3.03. The number of amides is 1. The van der Waals surface area contributed by atoms with Gasteiger partial charge in [-0.3, -0.25) is 10.1 Å². The Hall–Kier alpha value is -0.430. The lowest BCUT2D eigenvalue weighted by Gasteiger charge is -2.04. The Kier molecular flexibility index (Phi) is 4.19. The Morgan fingerprint density at radius 1 is 1.41 bits per heavy atom. The van der Waals surface area contributed by atoms with E-state index in [4.69, 9.17) is 11.6 Å². The molecule has 0 atom stereocenters. The van der Waals surface area contributed by atoms with Gasteiger partial charge in [-0.05, 0) is 44.0 Å². The summed E-state index contributed by atoms with van der Waals surface area (Å²) in [5.74, 6) is -0.279. The SMILES string of the molecule is O=C(Nc1ncc(Br)s1)c1cccc(Br)c1Cl. The van der Waals surface area contributed by atoms with Gasteiger partial charge in [-0.25, -0.2) is 4.98 Å². The number of rotatable bonds is 2. The van der Waals surface area contributed by atoms with Crippen molar-refractivity contribution in [2.45, 2.75) is 0 Å². The van der Waals surface area contributed by atoms with Gasteiger partial charge in [0.25, 0.3) is 5.91 Å². The van der Waals surface area contributed by atoms with E-state index in [0.717, 1.165) is 3.79 Å². The van der Waals surface area contributed by atoms with Gasteiger partial charge in [0.05, 0.1) is 20.6 Å². The maximum atomic E-state index is 11.9. The maximum Gasteiger partial charge on any atom is 0.258 e. The number of hydrogen-bond donors (Lipinski definition) is 1. The fraction of sp³-hybridized carbons (Fsp3) is 0. The van der Waals surface area contributed by atoms with Crippen LogP contribution in [0, 0.1) is 0 Å². The molecule has 0 saturated carbocycles. The van der Waals surface area contributed by atoms with Gasteiger partial charge >= 0.3 is 0 Å². The summed E-state index contributed by atoms with van der Waals surface area (Å²) in [7, 11) is 0. The van der Waals surface area contributed by atoms with Gasteiger partial charge in [-0.15, -0.1) is 0 Å². The molecule has 3 nitrogen and oxygen atoms in total. The van der Waals surface area contributed by atoms with E-state index in [0.29, 0.717) is 20.2 Å². The molecule has 0 bridgehead atoms. The van der Waals surface area contributed by atoms with E-state index in [2.05, 4.69) is 42.2 Å². The normalized spacial score (nSPS) is 10.3. The first-order valence-corrected chi connectivity index (χ1v) is 7.22. The second-order valence-corrected chi connectivity index (χ2v) is 6.67. The molecule has 0 saturated heterocycles. The highest BCUT2D eigenvalue weighted by atomic mass is 79.9. The zero-order valence-corrected chi connectivity index (χ0v) is 13.0. The molecule has 0 fully saturated rings. The van der Waals surface area contributed by atoms with Gasteiger partial charge in [-0.1, -0.05) is 29.0 Å². The third-order valence-electron chi connectivity index (χ3n) is 1.89. The van der Waals surface area contributed by atoms with E-state index in [1.165, 1.54) is 11.3 Å². The quantitative estimate of drug-likeness (QED) is 0.808. The number of anilines is 1. The first kappa shape index (κ1) is 13.0. The lowest BCUT2D eigenvalue weighted by Crippen LogP contribution is -2.12. The zero-order chi connectivity index (χ0) is 12.4. The number of hydrogen-bond acceptors (Lipinski definition) is 3. The molecule has 2 aromatic rings. The van der Waals surface area contributed by atoms with Crippen LogP contribution in [0.3, 0.4) is 0 Å². The van der Waals surface area contributed by atoms with Gasteiger partial charge in [0, 0.05) is 4.47 Å². The molecular formula is C10H5Br2ClN2OS. The highest BCUT2D eigenvalue weighted by Gasteiger charge is 2.13. The first-order chi connectivity index (χ1) is 8.08. The first-order valence-electron chi connectivity index (χ1n) is 4.44. The molecule has 17 heavy (non-hydrogen) atoms. The van der Waals surface area contributed by atoms with E-state index < -0.39 is 0 Å². The van der Waals surface area contributed by atoms with Crippen LogP contribution in [0.2, 0.25) is 5.02 Å². The van der Waals surface area contributed by atoms with Crippen LogP contribution in [-0.2, 0) is 0 Å². The van der Waals surface area contributed by atoms with E-state index in [1.54, 1.807) is 24.4 Å². The molecule has 7 heteroatoms. The summed E-state index contributed by atoms with van der Waals surface area (Å²) in [6.07, 6.45) is 1.63. The van der Waals surface area contributed by atoms with Gasteiger partial charge in [0.15, 0.2) is 5.13 Å². The number of thiazole rings is 1. The number of aromatic nitrogens is 1. The standard InChI is InChI=1S/C10H5Br2ClN2OS/c11-6-3-1-2-5(8(6)13)9(16)15-10-14-4-7(12)17-10/h1-4H,(H,14,15,16). The summed E-state index contributed by atoms with van der Waals surface area (Å²) in [6.45, 7) is 0. The smallest absolute Gasteiger partial charge is 0.258 e. The number of benzene rings is 1. The molecule has 0 spiro atoms. The van der Waals surface area contributed by atoms with Crippen molar-refractivity contribution in [1.82, 2.24) is 4.98 Å². The van der Waals surface area contributed by atoms with Crippen LogP contribution in [0.4, 0.5) is 5.13 Å². The van der Waals surface area contributed by atoms with Crippen molar-refractivity contribution in [2.24, 2.45) is 0 Å². The number of halogens is 3. The molecule has 0 aliphatic carbocycles. The summed E-state index contributed by atoms with van der Waals surface area (Å²) >= 11 is 13.9. The predicted octanol–water partition coefficient (Wildman–Crippen LogP) is 4.57. The molecule has 2 rings (SSSR count). The Morgan fingerprint density at radius 2 is 2.18 bits per heavy atom. The van der Waals surface area contributed by atoms with Crippen LogP contribution in [0.15, 0.2) is 32.7 Å². The lowest BCUT2D eigenvalue weighted by molar-refractivity contribution is 0.102. The molecule has 0 radical (unpaired) electrons. The number of nitrogens with one attached hydrogen (secondary N) is 1. The van der Waals surface area contributed by atoms with Crippen molar-refractivity contribution in [3.8, 4) is 0 Å². The van der Waals surface area contributed by atoms with Gasteiger partial charge in [-0.2, -0.15) is 0 Å². The lowest BCUT2D eigenvalue weighted by atomic mass is 10.2. The average molecular weight is 396 g/mol. The molecule has 1 N–H and O–H groups in total. The molecule has 1 heterocycles. The summed E-state index contributed by atoms with van der Waals surface area (Å²) in [6, 6.07) is 5.19. The molecule has 1 aromatic heterocycles. The average Bonchev–Trinajstić information content (AvgIpc) is 2.68. The van der Waals surface area contributed by atoms with Crippen LogP contribution in [0.1, 0.15) is 10.4 Å². The van der Waals surface area contributed by atoms with Crippen molar-refractivity contribution < 1.29 is 4.79 Å². The van der Waals surface area contributed by atoms with Gasteiger partial charge < -0.3 is 0 Å². The van der Waals surface area contributed by atoms with Crippen LogP contribution >= 0.6 is 54.8 Å². The van der Waals surface area contributed by atoms with Crippen molar-refractivity contribution >= 4 is 65.8 Å². The third-order valence-corrected chi connectivity index (χ3v) is 4.58. The molecule has 1 amide bonds. The highest BCUT2D eigenvalue weighted by Crippen LogP contribution is 2.28. The fourth-order valence-corrected chi connectivity index (χ4v) is 2.84. The Labute approximate surface area is 123 Å². The summed E-state index contributed by atoms with van der Waals surface area (Å²) in [5, 5.41) is 3.60. The minimum Gasteiger partial charge on any atom is -0.298 e. The minimum atomic E-state index is -0.279. The molecule has 0 aliphatic rings. The Morgan fingerprint density at radius 3 is 2.82 bits per heavy atom. The fourth-order valence-electron chi connectivity index (χ4n) is 1.16. The van der Waals surface area contributed by atoms with E-state index >= 15 is 0 Å². The molecule has 88 valence electrons. The maximum absolute atomic E-state index is 11.9. The third kappa shape index (κ3) is 3.07. The number of carbonyl (C=O) groups excluding carboxylic acids is 1. The van der Waals surface area contributed by atoms with Gasteiger partial charge in [0.1, 0.15) is 0 Å². The zero-order valence-electron chi connectivity index (χ0n) is 8.21. The van der Waals surface area contributed by atoms with Crippen molar-refractivity contribution in [1.29, 1.82) is 0 Å². The van der Waals surface area contributed by atoms with Crippen LogP contribution < -0.4 is 5.32 Å². The van der Waals surface area contributed by atoms with Crippen LogP contribution in [0.5, 0.6) is 0 Å². The van der Waals surface area contributed by atoms with E-state index in [1.807, 2.05) is 0 Å².